The van der Waals surface area contributed by atoms with E-state index in [0.29, 0.717) is 17.8 Å². The molecule has 3 aliphatic carbocycles. The Hall–Kier alpha value is -1.12. The second kappa shape index (κ2) is 8.03. The van der Waals surface area contributed by atoms with Gasteiger partial charge in [-0.15, -0.1) is 0 Å². The van der Waals surface area contributed by atoms with Crippen molar-refractivity contribution in [3.8, 4) is 5.75 Å². The summed E-state index contributed by atoms with van der Waals surface area (Å²) in [5.74, 6) is 3.04. The minimum atomic E-state index is -1.69. The van der Waals surface area contributed by atoms with Gasteiger partial charge in [-0.05, 0) is 112 Å². The maximum Gasteiger partial charge on any atom is 0.242 e. The van der Waals surface area contributed by atoms with E-state index >= 15 is 0 Å². The van der Waals surface area contributed by atoms with Crippen LogP contribution in [0.3, 0.4) is 0 Å². The molecule has 4 rings (SSSR count). The highest BCUT2D eigenvalue weighted by Gasteiger charge is 2.58. The molecule has 6 heteroatoms. The lowest BCUT2D eigenvalue weighted by molar-refractivity contribution is -0.00511. The normalized spacial score (nSPS) is 34.1. The molecule has 3 aliphatic rings. The van der Waals surface area contributed by atoms with Gasteiger partial charge in [-0.25, -0.2) is 0 Å². The van der Waals surface area contributed by atoms with Gasteiger partial charge in [0.2, 0.25) is 8.32 Å². The van der Waals surface area contributed by atoms with Gasteiger partial charge in [-0.3, -0.25) is 0 Å². The first-order valence-corrected chi connectivity index (χ1v) is 18.8. The summed E-state index contributed by atoms with van der Waals surface area (Å²) in [4.78, 5) is 5.28. The maximum atomic E-state index is 6.76. The Morgan fingerprint density at radius 2 is 1.77 bits per heavy atom. The molecule has 5 atom stereocenters. The Morgan fingerprint density at radius 1 is 1.03 bits per heavy atom. The quantitative estimate of drug-likeness (QED) is 0.368. The van der Waals surface area contributed by atoms with Gasteiger partial charge in [0.15, 0.2) is 8.32 Å². The molecule has 0 heterocycles. The fourth-order valence-corrected chi connectivity index (χ4v) is 8.45. The first-order valence-electron chi connectivity index (χ1n) is 12.0. The van der Waals surface area contributed by atoms with E-state index < -0.39 is 16.6 Å². The van der Waals surface area contributed by atoms with Gasteiger partial charge in [0.1, 0.15) is 12.9 Å². The van der Waals surface area contributed by atoms with Crippen LogP contribution in [0.4, 0.5) is 0 Å². The van der Waals surface area contributed by atoms with E-state index in [1.165, 1.54) is 24.8 Å². The number of fused-ring (bicyclic) bond motifs is 5. The number of oxime groups is 1. The second-order valence-corrected chi connectivity index (χ2v) is 21.0. The van der Waals surface area contributed by atoms with Gasteiger partial charge in [0.25, 0.3) is 0 Å². The molecule has 31 heavy (non-hydrogen) atoms. The number of aryl methyl sites for hydroxylation is 1. The molecular weight excluding hydrogens is 418 g/mol. The molecule has 0 aliphatic heterocycles. The minimum absolute atomic E-state index is 0.110. The molecule has 0 spiro atoms. The van der Waals surface area contributed by atoms with Crippen LogP contribution in [-0.2, 0) is 15.7 Å². The van der Waals surface area contributed by atoms with Crippen LogP contribution in [0.2, 0.25) is 39.3 Å². The Labute approximate surface area is 191 Å². The first-order chi connectivity index (χ1) is 14.4. The van der Waals surface area contributed by atoms with Crippen molar-refractivity contribution < 1.29 is 13.7 Å². The molecule has 1 aromatic rings. The number of benzene rings is 1. The van der Waals surface area contributed by atoms with Gasteiger partial charge < -0.3 is 13.7 Å². The van der Waals surface area contributed by atoms with Crippen molar-refractivity contribution in [2.75, 3.05) is 7.11 Å². The summed E-state index contributed by atoms with van der Waals surface area (Å²) in [5, 5.41) is 4.49. The fraction of sp³-hybridized carbons (Fsp3) is 0.720. The van der Waals surface area contributed by atoms with Crippen LogP contribution in [-0.4, -0.2) is 35.6 Å². The Kier molecular flexibility index (Phi) is 5.97. The lowest BCUT2D eigenvalue weighted by Crippen LogP contribution is -2.48. The third kappa shape index (κ3) is 4.53. The number of nitrogens with zero attached hydrogens (tertiary/aromatic N) is 1. The first kappa shape index (κ1) is 23.1. The molecule has 0 saturated heterocycles. The van der Waals surface area contributed by atoms with E-state index in [1.807, 2.05) is 0 Å². The fourth-order valence-electron chi connectivity index (χ4n) is 6.51. The summed E-state index contributed by atoms with van der Waals surface area (Å²) in [6, 6.07) is 6.93. The predicted molar refractivity (Wildman–Crippen MR) is 133 cm³/mol. The Balaban J connectivity index is 1.62. The Morgan fingerprint density at radius 3 is 2.42 bits per heavy atom. The zero-order valence-corrected chi connectivity index (χ0v) is 22.7. The molecule has 0 amide bonds. The van der Waals surface area contributed by atoms with Crippen molar-refractivity contribution in [1.29, 1.82) is 0 Å². The molecule has 0 radical (unpaired) electrons. The van der Waals surface area contributed by atoms with Gasteiger partial charge in [0.05, 0.1) is 11.8 Å². The molecule has 4 nitrogen and oxygen atoms in total. The van der Waals surface area contributed by atoms with Crippen LogP contribution in [0.1, 0.15) is 49.7 Å². The van der Waals surface area contributed by atoms with Gasteiger partial charge in [-0.1, -0.05) is 18.1 Å². The van der Waals surface area contributed by atoms with Gasteiger partial charge >= 0.3 is 0 Å². The van der Waals surface area contributed by atoms with Crippen molar-refractivity contribution in [2.45, 2.75) is 90.3 Å². The zero-order valence-electron chi connectivity index (χ0n) is 20.7. The molecule has 2 saturated carbocycles. The largest absolute Gasteiger partial charge is 0.544 e. The average molecular weight is 460 g/mol. The monoisotopic (exact) mass is 459 g/mol. The minimum Gasteiger partial charge on any atom is -0.544 e. The summed E-state index contributed by atoms with van der Waals surface area (Å²) in [6.07, 6.45) is 5.98. The zero-order chi connectivity index (χ0) is 22.6. The van der Waals surface area contributed by atoms with Gasteiger partial charge in [-0.2, -0.15) is 0 Å². The van der Waals surface area contributed by atoms with Crippen LogP contribution < -0.4 is 4.43 Å². The highest BCUT2D eigenvalue weighted by Crippen LogP contribution is 2.61. The molecule has 0 N–H and O–H groups in total. The summed E-state index contributed by atoms with van der Waals surface area (Å²) in [6.45, 7) is 16.1. The van der Waals surface area contributed by atoms with E-state index in [1.54, 1.807) is 12.7 Å². The van der Waals surface area contributed by atoms with Crippen LogP contribution >= 0.6 is 0 Å². The van der Waals surface area contributed by atoms with Crippen LogP contribution in [0.15, 0.2) is 23.4 Å². The second-order valence-electron chi connectivity index (χ2n) is 12.1. The number of rotatable bonds is 5. The van der Waals surface area contributed by atoms with Crippen molar-refractivity contribution in [1.82, 2.24) is 0 Å². The van der Waals surface area contributed by atoms with Crippen molar-refractivity contribution in [2.24, 2.45) is 22.4 Å². The van der Waals surface area contributed by atoms with E-state index in [2.05, 4.69) is 69.6 Å². The Bertz CT molecular complexity index is 857. The standard InChI is InChI=1S/C25H41NO3Si2/c1-25-14-13-20-19-12-10-18(28-30(3,4)5)15-17(19)9-11-21(20)22(25)16-23(26-27-2)24(25)29-31(6,7)8/h10,12,15,20-22,24H,9,11,13-14,16H2,1-8H3/b26-23-/t20-,21-,22+,24+,25+/m1/s1. The lowest BCUT2D eigenvalue weighted by Gasteiger charge is -2.51. The average Bonchev–Trinajstić information content (AvgIpc) is 2.91. The lowest BCUT2D eigenvalue weighted by atomic mass is 9.55. The molecule has 2 fully saturated rings. The highest BCUT2D eigenvalue weighted by molar-refractivity contribution is 6.70. The van der Waals surface area contributed by atoms with Crippen molar-refractivity contribution in [3.05, 3.63) is 29.3 Å². The van der Waals surface area contributed by atoms with E-state index in [4.69, 9.17) is 13.7 Å². The molecule has 0 bridgehead atoms. The maximum absolute atomic E-state index is 6.76. The summed E-state index contributed by atoms with van der Waals surface area (Å²) < 4.78 is 13.1. The van der Waals surface area contributed by atoms with Crippen LogP contribution in [0, 0.1) is 17.3 Å². The predicted octanol–water partition coefficient (Wildman–Crippen LogP) is 6.59. The third-order valence-corrected chi connectivity index (χ3v) is 9.36. The molecular formula is C25H41NO3Si2. The van der Waals surface area contributed by atoms with Crippen molar-refractivity contribution >= 4 is 22.3 Å². The smallest absolute Gasteiger partial charge is 0.242 e. The molecule has 0 unspecified atom stereocenters. The summed E-state index contributed by atoms with van der Waals surface area (Å²) in [5.41, 5.74) is 4.39. The van der Waals surface area contributed by atoms with Crippen LogP contribution in [0.25, 0.3) is 0 Å². The van der Waals surface area contributed by atoms with Gasteiger partial charge in [0, 0.05) is 5.41 Å². The highest BCUT2D eigenvalue weighted by atomic mass is 28.4. The van der Waals surface area contributed by atoms with E-state index in [9.17, 15) is 0 Å². The topological polar surface area (TPSA) is 40.0 Å². The summed E-state index contributed by atoms with van der Waals surface area (Å²) in [7, 11) is -1.61. The molecule has 1 aromatic carbocycles. The van der Waals surface area contributed by atoms with E-state index in [-0.39, 0.29) is 11.5 Å². The van der Waals surface area contributed by atoms with Crippen LogP contribution in [0.5, 0.6) is 5.75 Å². The third-order valence-electron chi connectivity index (χ3n) is 7.57. The summed E-state index contributed by atoms with van der Waals surface area (Å²) >= 11 is 0. The van der Waals surface area contributed by atoms with Crippen molar-refractivity contribution in [3.63, 3.8) is 0 Å². The molecule has 0 aromatic heterocycles. The molecule has 172 valence electrons. The van der Waals surface area contributed by atoms with E-state index in [0.717, 1.165) is 24.3 Å². The number of hydrogen-bond acceptors (Lipinski definition) is 4. The SMILES string of the molecule is CO/N=C1/C[C@H]2[C@@H]3CCc4cc(O[Si](C)(C)C)ccc4[C@H]3CC[C@]2(C)[C@H]1O[Si](C)(C)C. The number of hydrogen-bond donors (Lipinski definition) is 0.